The molecule has 2 fully saturated rings. The second-order valence-corrected chi connectivity index (χ2v) is 8.22. The molecule has 2 aliphatic heterocycles. The van der Waals surface area contributed by atoms with Crippen molar-refractivity contribution < 1.29 is 4.79 Å². The summed E-state index contributed by atoms with van der Waals surface area (Å²) >= 11 is 1.57. The number of piperazine rings is 1. The van der Waals surface area contributed by atoms with Gasteiger partial charge in [-0.2, -0.15) is 0 Å². The Labute approximate surface area is 168 Å². The second-order valence-electron chi connectivity index (χ2n) is 7.23. The van der Waals surface area contributed by atoms with Crippen LogP contribution in [0.2, 0.25) is 0 Å². The van der Waals surface area contributed by atoms with Crippen molar-refractivity contribution >= 4 is 17.7 Å². The van der Waals surface area contributed by atoms with Crippen molar-refractivity contribution in [3.05, 3.63) is 35.9 Å². The third-order valence-corrected chi connectivity index (χ3v) is 6.31. The highest BCUT2D eigenvalue weighted by Crippen LogP contribution is 2.18. The third kappa shape index (κ3) is 4.88. The second kappa shape index (κ2) is 8.99. The minimum absolute atomic E-state index is 0.0946. The van der Waals surface area contributed by atoms with E-state index in [2.05, 4.69) is 66.3 Å². The minimum Gasteiger partial charge on any atom is -0.328 e. The number of benzene rings is 1. The number of carbonyl (C=O) groups excluding carboxylic acids is 1. The predicted octanol–water partition coefficient (Wildman–Crippen LogP) is -0.118. The lowest BCUT2D eigenvalue weighted by Gasteiger charge is -2.43. The molecule has 0 saturated carbocycles. The van der Waals surface area contributed by atoms with Gasteiger partial charge in [-0.3, -0.25) is 19.9 Å². The Morgan fingerprint density at radius 1 is 1.18 bits per heavy atom. The Morgan fingerprint density at radius 2 is 1.96 bits per heavy atom. The monoisotopic (exact) mass is 402 g/mol. The molecule has 0 aliphatic carbocycles. The van der Waals surface area contributed by atoms with E-state index in [1.54, 1.807) is 16.4 Å². The van der Waals surface area contributed by atoms with Gasteiger partial charge in [-0.25, -0.2) is 4.68 Å². The van der Waals surface area contributed by atoms with Crippen LogP contribution in [0.5, 0.6) is 0 Å². The van der Waals surface area contributed by atoms with Gasteiger partial charge in [0, 0.05) is 58.0 Å². The van der Waals surface area contributed by atoms with E-state index in [0.29, 0.717) is 6.42 Å². The highest BCUT2D eigenvalue weighted by Gasteiger charge is 2.31. The molecule has 0 radical (unpaired) electrons. The first-order chi connectivity index (χ1) is 13.7. The van der Waals surface area contributed by atoms with Gasteiger partial charge in [0.2, 0.25) is 11.1 Å². The zero-order valence-electron chi connectivity index (χ0n) is 16.0. The standard InChI is InChI=1S/C18H26N8OS/c1-24-18(21-22-23-24)28-13-15-11-16(27)20-17(19-15)26-9-7-25(8-10-26)12-14-5-3-2-4-6-14/h2-6,15,17,19H,7-13H2,1H3,(H,20,27). The lowest BCUT2D eigenvalue weighted by Crippen LogP contribution is -2.66. The highest BCUT2D eigenvalue weighted by molar-refractivity contribution is 7.99. The number of rotatable bonds is 6. The van der Waals surface area contributed by atoms with Gasteiger partial charge >= 0.3 is 0 Å². The summed E-state index contributed by atoms with van der Waals surface area (Å²) in [5.74, 6) is 0.851. The summed E-state index contributed by atoms with van der Waals surface area (Å²) in [5.41, 5.74) is 1.34. The van der Waals surface area contributed by atoms with Gasteiger partial charge in [0.05, 0.1) is 0 Å². The fourth-order valence-corrected chi connectivity index (χ4v) is 4.48. The van der Waals surface area contributed by atoms with Gasteiger partial charge in [-0.15, -0.1) is 5.10 Å². The van der Waals surface area contributed by atoms with Crippen LogP contribution in [0, 0.1) is 0 Å². The van der Waals surface area contributed by atoms with E-state index in [9.17, 15) is 4.79 Å². The number of nitrogens with one attached hydrogen (secondary N) is 2. The summed E-state index contributed by atoms with van der Waals surface area (Å²) in [6.45, 7) is 4.82. The smallest absolute Gasteiger partial charge is 0.223 e. The number of carbonyl (C=O) groups is 1. The molecular formula is C18H26N8OS. The van der Waals surface area contributed by atoms with Crippen LogP contribution in [0.3, 0.4) is 0 Å². The van der Waals surface area contributed by atoms with Crippen LogP contribution >= 0.6 is 11.8 Å². The van der Waals surface area contributed by atoms with Gasteiger partial charge in [0.25, 0.3) is 0 Å². The van der Waals surface area contributed by atoms with Crippen LogP contribution in [0.4, 0.5) is 0 Å². The topological polar surface area (TPSA) is 91.2 Å². The number of amides is 1. The molecular weight excluding hydrogens is 376 g/mol. The Balaban J connectivity index is 1.27. The Kier molecular flexibility index (Phi) is 6.20. The fraction of sp³-hybridized carbons (Fsp3) is 0.556. The Bertz CT molecular complexity index is 777. The highest BCUT2D eigenvalue weighted by atomic mass is 32.2. The van der Waals surface area contributed by atoms with Gasteiger partial charge in [-0.05, 0) is 16.0 Å². The maximum Gasteiger partial charge on any atom is 0.223 e. The van der Waals surface area contributed by atoms with Crippen LogP contribution in [-0.4, -0.2) is 80.2 Å². The summed E-state index contributed by atoms with van der Waals surface area (Å²) in [6, 6.07) is 10.7. The van der Waals surface area contributed by atoms with Crippen molar-refractivity contribution in [2.24, 2.45) is 7.05 Å². The lowest BCUT2D eigenvalue weighted by molar-refractivity contribution is -0.127. The summed E-state index contributed by atoms with van der Waals surface area (Å²) in [4.78, 5) is 17.0. The van der Waals surface area contributed by atoms with E-state index in [-0.39, 0.29) is 18.2 Å². The molecule has 0 bridgehead atoms. The van der Waals surface area contributed by atoms with Crippen molar-refractivity contribution in [3.63, 3.8) is 0 Å². The molecule has 4 rings (SSSR count). The van der Waals surface area contributed by atoms with E-state index in [4.69, 9.17) is 0 Å². The molecule has 2 aromatic rings. The average molecular weight is 403 g/mol. The molecule has 2 unspecified atom stereocenters. The minimum atomic E-state index is -0.108. The van der Waals surface area contributed by atoms with Gasteiger partial charge in [0.15, 0.2) is 0 Å². The quantitative estimate of drug-likeness (QED) is 0.647. The molecule has 2 saturated heterocycles. The third-order valence-electron chi connectivity index (χ3n) is 5.14. The maximum atomic E-state index is 12.2. The first-order valence-corrected chi connectivity index (χ1v) is 10.6. The molecule has 1 aromatic heterocycles. The average Bonchev–Trinajstić information content (AvgIpc) is 3.12. The summed E-state index contributed by atoms with van der Waals surface area (Å²) < 4.78 is 1.65. The number of thioether (sulfide) groups is 1. The summed E-state index contributed by atoms with van der Waals surface area (Å²) in [7, 11) is 1.82. The number of tetrazole rings is 1. The van der Waals surface area contributed by atoms with Crippen molar-refractivity contribution in [1.29, 1.82) is 0 Å². The molecule has 150 valence electrons. The van der Waals surface area contributed by atoms with Crippen molar-refractivity contribution in [2.45, 2.75) is 30.5 Å². The first-order valence-electron chi connectivity index (χ1n) is 9.58. The normalized spacial score (nSPS) is 24.2. The summed E-state index contributed by atoms with van der Waals surface area (Å²) in [5, 5.41) is 18.9. The van der Waals surface area contributed by atoms with Gasteiger partial charge in [0.1, 0.15) is 6.29 Å². The van der Waals surface area contributed by atoms with Crippen LogP contribution in [0.15, 0.2) is 35.5 Å². The molecule has 2 N–H and O–H groups in total. The molecule has 28 heavy (non-hydrogen) atoms. The molecule has 9 nitrogen and oxygen atoms in total. The number of hydrogen-bond acceptors (Lipinski definition) is 8. The van der Waals surface area contributed by atoms with Crippen LogP contribution in [0.25, 0.3) is 0 Å². The Hall–Kier alpha value is -2.01. The molecule has 1 aromatic carbocycles. The molecule has 1 amide bonds. The zero-order chi connectivity index (χ0) is 19.3. The summed E-state index contributed by atoms with van der Waals surface area (Å²) in [6.07, 6.45) is 0.367. The molecule has 3 heterocycles. The molecule has 2 aliphatic rings. The van der Waals surface area contributed by atoms with Crippen LogP contribution in [-0.2, 0) is 18.4 Å². The molecule has 2 atom stereocenters. The van der Waals surface area contributed by atoms with Crippen molar-refractivity contribution in [3.8, 4) is 0 Å². The SMILES string of the molecule is Cn1nnnc1SCC1CC(=O)NC(N2CCN(Cc3ccccc3)CC2)N1. The first kappa shape index (κ1) is 19.3. The number of aromatic nitrogens is 4. The number of hydrogen-bond donors (Lipinski definition) is 2. The van der Waals surface area contributed by atoms with Gasteiger partial charge in [-0.1, -0.05) is 42.1 Å². The number of aryl methyl sites for hydroxylation is 1. The van der Waals surface area contributed by atoms with Crippen molar-refractivity contribution in [1.82, 2.24) is 40.6 Å². The largest absolute Gasteiger partial charge is 0.328 e. The van der Waals surface area contributed by atoms with E-state index in [1.165, 1.54) is 5.56 Å². The van der Waals surface area contributed by atoms with Crippen molar-refractivity contribution in [2.75, 3.05) is 31.9 Å². The van der Waals surface area contributed by atoms with Gasteiger partial charge < -0.3 is 5.32 Å². The Morgan fingerprint density at radius 3 is 2.68 bits per heavy atom. The van der Waals surface area contributed by atoms with E-state index in [1.807, 2.05) is 7.05 Å². The van der Waals surface area contributed by atoms with E-state index in [0.717, 1.165) is 43.6 Å². The maximum absolute atomic E-state index is 12.2. The fourth-order valence-electron chi connectivity index (χ4n) is 3.60. The van der Waals surface area contributed by atoms with Crippen LogP contribution in [0.1, 0.15) is 12.0 Å². The predicted molar refractivity (Wildman–Crippen MR) is 106 cm³/mol. The molecule has 0 spiro atoms. The van der Waals surface area contributed by atoms with Crippen LogP contribution < -0.4 is 10.6 Å². The molecule has 10 heteroatoms. The number of nitrogens with zero attached hydrogens (tertiary/aromatic N) is 6. The lowest BCUT2D eigenvalue weighted by atomic mass is 10.1. The van der Waals surface area contributed by atoms with E-state index < -0.39 is 0 Å². The van der Waals surface area contributed by atoms with E-state index >= 15 is 0 Å². The zero-order valence-corrected chi connectivity index (χ0v) is 16.8.